The molecule has 0 fully saturated rings. The molecule has 6 nitrogen and oxygen atoms in total. The molecule has 0 aliphatic heterocycles. The van der Waals surface area contributed by atoms with Gasteiger partial charge in [-0.3, -0.25) is 5.43 Å². The third kappa shape index (κ3) is 5.02. The molecule has 174 valence electrons. The quantitative estimate of drug-likeness (QED) is 0.214. The van der Waals surface area contributed by atoms with Crippen LogP contribution in [0.1, 0.15) is 24.0 Å². The van der Waals surface area contributed by atoms with Gasteiger partial charge < -0.3 is 14.4 Å². The highest BCUT2D eigenvalue weighted by Gasteiger charge is 2.33. The summed E-state index contributed by atoms with van der Waals surface area (Å²) in [7, 11) is 3.96. The molecule has 2 N–H and O–H groups in total. The Bertz CT molecular complexity index is 1330. The molecular formula is C28H29N3O3. The van der Waals surface area contributed by atoms with E-state index in [0.717, 1.165) is 17.0 Å². The average molecular weight is 456 g/mol. The number of fused-ring (bicyclic) bond motifs is 1. The smallest absolute Gasteiger partial charge is 0.343 e. The van der Waals surface area contributed by atoms with E-state index in [1.165, 1.54) is 0 Å². The molecule has 0 aliphatic carbocycles. The van der Waals surface area contributed by atoms with Crippen LogP contribution in [0.3, 0.4) is 0 Å². The van der Waals surface area contributed by atoms with Crippen LogP contribution < -0.4 is 11.1 Å². The van der Waals surface area contributed by atoms with E-state index in [1.54, 1.807) is 18.2 Å². The molecule has 0 radical (unpaired) electrons. The maximum absolute atomic E-state index is 13.3. The second-order valence-electron chi connectivity index (χ2n) is 8.64. The van der Waals surface area contributed by atoms with Crippen LogP contribution in [0.25, 0.3) is 11.0 Å². The summed E-state index contributed by atoms with van der Waals surface area (Å²) in [5, 5.41) is 16.5. The number of hydrogen-bond acceptors (Lipinski definition) is 6. The molecule has 0 saturated heterocycles. The summed E-state index contributed by atoms with van der Waals surface area (Å²) in [4.78, 5) is 15.3. The summed E-state index contributed by atoms with van der Waals surface area (Å²) in [6.45, 7) is 2.55. The van der Waals surface area contributed by atoms with Gasteiger partial charge in [-0.15, -0.1) is 0 Å². The van der Waals surface area contributed by atoms with Gasteiger partial charge in [-0.05, 0) is 50.8 Å². The number of aromatic hydroxyl groups is 1. The van der Waals surface area contributed by atoms with E-state index >= 15 is 0 Å². The van der Waals surface area contributed by atoms with Crippen LogP contribution in [-0.2, 0) is 0 Å². The lowest BCUT2D eigenvalue weighted by Crippen LogP contribution is -2.34. The largest absolute Gasteiger partial charge is 0.507 e. The zero-order chi connectivity index (χ0) is 24.1. The maximum Gasteiger partial charge on any atom is 0.343 e. The van der Waals surface area contributed by atoms with Crippen molar-refractivity contribution in [2.45, 2.75) is 12.8 Å². The molecule has 0 saturated carbocycles. The normalized spacial score (nSPS) is 13.7. The van der Waals surface area contributed by atoms with Crippen LogP contribution in [0.2, 0.25) is 0 Å². The molecule has 0 aliphatic rings. The molecule has 0 amide bonds. The first-order chi connectivity index (χ1) is 16.5. The summed E-state index contributed by atoms with van der Waals surface area (Å²) < 4.78 is 5.66. The second-order valence-corrected chi connectivity index (χ2v) is 8.64. The number of rotatable bonds is 8. The predicted octanol–water partition coefficient (Wildman–Crippen LogP) is 5.30. The van der Waals surface area contributed by atoms with Crippen molar-refractivity contribution in [1.82, 2.24) is 4.90 Å². The maximum atomic E-state index is 13.3. The van der Waals surface area contributed by atoms with Gasteiger partial charge in [0.25, 0.3) is 0 Å². The van der Waals surface area contributed by atoms with Crippen molar-refractivity contribution in [3.63, 3.8) is 0 Å². The number of hydrazone groups is 1. The van der Waals surface area contributed by atoms with Gasteiger partial charge in [0.15, 0.2) is 0 Å². The van der Waals surface area contributed by atoms with Gasteiger partial charge >= 0.3 is 5.63 Å². The minimum atomic E-state index is -0.544. The molecule has 34 heavy (non-hydrogen) atoms. The van der Waals surface area contributed by atoms with Crippen molar-refractivity contribution in [3.05, 3.63) is 106 Å². The van der Waals surface area contributed by atoms with Crippen molar-refractivity contribution in [1.29, 1.82) is 0 Å². The molecule has 0 spiro atoms. The predicted molar refractivity (Wildman–Crippen MR) is 138 cm³/mol. The number of hydrogen-bond donors (Lipinski definition) is 2. The highest BCUT2D eigenvalue weighted by Crippen LogP contribution is 2.39. The molecule has 1 heterocycles. The van der Waals surface area contributed by atoms with Gasteiger partial charge in [0.2, 0.25) is 0 Å². The van der Waals surface area contributed by atoms with Crippen LogP contribution in [0, 0.1) is 5.92 Å². The Morgan fingerprint density at radius 1 is 0.971 bits per heavy atom. The minimum Gasteiger partial charge on any atom is -0.507 e. The first kappa shape index (κ1) is 23.3. The Balaban J connectivity index is 1.88. The molecule has 6 heteroatoms. The zero-order valence-corrected chi connectivity index (χ0v) is 19.6. The van der Waals surface area contributed by atoms with Gasteiger partial charge in [-0.25, -0.2) is 4.79 Å². The van der Waals surface area contributed by atoms with Gasteiger partial charge in [0.05, 0.1) is 16.6 Å². The van der Waals surface area contributed by atoms with Crippen molar-refractivity contribution >= 4 is 22.4 Å². The van der Waals surface area contributed by atoms with E-state index in [1.807, 2.05) is 87.7 Å². The summed E-state index contributed by atoms with van der Waals surface area (Å²) in [6, 6.07) is 26.5. The zero-order valence-electron chi connectivity index (χ0n) is 19.6. The highest BCUT2D eigenvalue weighted by molar-refractivity contribution is 5.88. The first-order valence-corrected chi connectivity index (χ1v) is 11.3. The van der Waals surface area contributed by atoms with Gasteiger partial charge in [-0.1, -0.05) is 60.7 Å². The van der Waals surface area contributed by atoms with Crippen molar-refractivity contribution in [2.75, 3.05) is 26.1 Å². The Morgan fingerprint density at radius 2 is 1.59 bits per heavy atom. The summed E-state index contributed by atoms with van der Waals surface area (Å²) in [6.07, 6.45) is 0. The fourth-order valence-electron chi connectivity index (χ4n) is 4.30. The first-order valence-electron chi connectivity index (χ1n) is 11.3. The molecular weight excluding hydrogens is 426 g/mol. The van der Waals surface area contributed by atoms with E-state index < -0.39 is 11.5 Å². The minimum absolute atomic E-state index is 0.0479. The van der Waals surface area contributed by atoms with Crippen LogP contribution >= 0.6 is 0 Å². The summed E-state index contributed by atoms with van der Waals surface area (Å²) in [5.74, 6) is -0.734. The number of benzene rings is 3. The fraction of sp³-hybridized carbons (Fsp3) is 0.214. The number of nitrogens with zero attached hydrogens (tertiary/aromatic N) is 2. The van der Waals surface area contributed by atoms with Gasteiger partial charge in [0.1, 0.15) is 11.3 Å². The Morgan fingerprint density at radius 3 is 2.26 bits per heavy atom. The van der Waals surface area contributed by atoms with Crippen molar-refractivity contribution in [2.24, 2.45) is 11.0 Å². The van der Waals surface area contributed by atoms with Crippen LogP contribution in [0.15, 0.2) is 99.2 Å². The lowest BCUT2D eigenvalue weighted by Gasteiger charge is -2.30. The van der Waals surface area contributed by atoms with Crippen molar-refractivity contribution in [3.8, 4) is 5.75 Å². The topological polar surface area (TPSA) is 78.1 Å². The number of para-hydroxylation sites is 2. The number of nitrogens with one attached hydrogen (secondary N) is 1. The number of anilines is 1. The Kier molecular flexibility index (Phi) is 7.09. The fourth-order valence-corrected chi connectivity index (χ4v) is 4.30. The van der Waals surface area contributed by atoms with Gasteiger partial charge in [-0.2, -0.15) is 5.10 Å². The lowest BCUT2D eigenvalue weighted by atomic mass is 9.78. The Labute approximate surface area is 199 Å². The molecule has 4 aromatic rings. The second kappa shape index (κ2) is 10.4. The SMILES string of the molecule is C/C(=N\Nc1ccccc1)[C@H](CN(C)C)[C@@H](c1ccccc1)c1c(O)c2ccccc2oc1=O. The van der Waals surface area contributed by atoms with E-state index in [2.05, 4.69) is 15.4 Å². The standard InChI is InChI=1S/C28H29N3O3/c1-19(29-30-21-14-8-5-9-15-21)23(18-31(2)3)25(20-12-6-4-7-13-20)26-27(32)22-16-10-11-17-24(22)34-28(26)33/h4-17,23,25,30,32H,18H2,1-3H3/b29-19+/t23-,25+/m0/s1. The molecule has 4 rings (SSSR count). The highest BCUT2D eigenvalue weighted by atomic mass is 16.4. The molecule has 0 unspecified atom stereocenters. The lowest BCUT2D eigenvalue weighted by molar-refractivity contribution is 0.346. The summed E-state index contributed by atoms with van der Waals surface area (Å²) in [5.41, 5.74) is 5.76. The average Bonchev–Trinajstić information content (AvgIpc) is 2.85. The third-order valence-electron chi connectivity index (χ3n) is 5.93. The van der Waals surface area contributed by atoms with Crippen LogP contribution in [0.4, 0.5) is 5.69 Å². The monoisotopic (exact) mass is 455 g/mol. The molecule has 2 atom stereocenters. The van der Waals surface area contributed by atoms with E-state index in [4.69, 9.17) is 4.42 Å². The summed E-state index contributed by atoms with van der Waals surface area (Å²) >= 11 is 0. The molecule has 0 bridgehead atoms. The molecule has 3 aromatic carbocycles. The van der Waals surface area contributed by atoms with Crippen molar-refractivity contribution < 1.29 is 9.52 Å². The van der Waals surface area contributed by atoms with E-state index in [9.17, 15) is 9.90 Å². The van der Waals surface area contributed by atoms with Crippen LogP contribution in [-0.4, -0.2) is 36.4 Å². The van der Waals surface area contributed by atoms with E-state index in [0.29, 0.717) is 17.5 Å². The van der Waals surface area contributed by atoms with E-state index in [-0.39, 0.29) is 17.2 Å². The molecule has 1 aromatic heterocycles. The third-order valence-corrected chi connectivity index (χ3v) is 5.93. The Hall–Kier alpha value is -3.90. The van der Waals surface area contributed by atoms with Crippen LogP contribution in [0.5, 0.6) is 5.75 Å². The van der Waals surface area contributed by atoms with Gasteiger partial charge in [0, 0.05) is 24.1 Å².